The number of carbonyl (C=O) groups excluding carboxylic acids is 1. The van der Waals surface area contributed by atoms with E-state index in [0.29, 0.717) is 15.6 Å². The molecule has 1 aromatic carbocycles. The maximum Gasteiger partial charge on any atom is 0.267 e. The van der Waals surface area contributed by atoms with Crippen molar-refractivity contribution in [3.63, 3.8) is 0 Å². The van der Waals surface area contributed by atoms with Crippen molar-refractivity contribution in [1.82, 2.24) is 4.98 Å². The number of benzene rings is 1. The summed E-state index contributed by atoms with van der Waals surface area (Å²) < 4.78 is 0. The van der Waals surface area contributed by atoms with Crippen molar-refractivity contribution in [2.24, 2.45) is 0 Å². The number of amides is 1. The Morgan fingerprint density at radius 3 is 2.76 bits per heavy atom. The number of hydrogen-bond acceptors (Lipinski definition) is 3. The Hall–Kier alpha value is -1.39. The summed E-state index contributed by atoms with van der Waals surface area (Å²) in [6.07, 6.45) is 0. The monoisotopic (exact) mass is 266 g/mol. The lowest BCUT2D eigenvalue weighted by atomic mass is 10.2. The third-order valence-electron chi connectivity index (χ3n) is 2.41. The summed E-state index contributed by atoms with van der Waals surface area (Å²) in [5.41, 5.74) is 3.99. The third-order valence-corrected chi connectivity index (χ3v) is 3.65. The molecule has 0 spiro atoms. The van der Waals surface area contributed by atoms with Crippen LogP contribution in [0, 0.1) is 13.8 Å². The van der Waals surface area contributed by atoms with Crippen molar-refractivity contribution >= 4 is 34.5 Å². The molecule has 1 heterocycles. The van der Waals surface area contributed by atoms with Crippen LogP contribution in [0.2, 0.25) is 5.02 Å². The van der Waals surface area contributed by atoms with Crippen LogP contribution < -0.4 is 5.32 Å². The molecule has 2 aromatic rings. The normalized spacial score (nSPS) is 10.3. The SMILES string of the molecule is Cc1cccc(Cl)c1NC(=O)c1scnc1C. The molecular weight excluding hydrogens is 256 g/mol. The highest BCUT2D eigenvalue weighted by atomic mass is 35.5. The standard InChI is InChI=1S/C12H11ClN2OS/c1-7-4-3-5-9(13)10(7)15-12(16)11-8(2)14-6-17-11/h3-6H,1-2H3,(H,15,16). The molecule has 0 aliphatic carbocycles. The summed E-state index contributed by atoms with van der Waals surface area (Å²) in [5, 5.41) is 3.36. The van der Waals surface area contributed by atoms with Gasteiger partial charge in [-0.15, -0.1) is 11.3 Å². The minimum Gasteiger partial charge on any atom is -0.320 e. The summed E-state index contributed by atoms with van der Waals surface area (Å²) in [6, 6.07) is 5.51. The van der Waals surface area contributed by atoms with Gasteiger partial charge in [-0.1, -0.05) is 23.7 Å². The first-order chi connectivity index (χ1) is 8.09. The molecule has 0 aliphatic rings. The van der Waals surface area contributed by atoms with E-state index in [1.54, 1.807) is 11.6 Å². The summed E-state index contributed by atoms with van der Waals surface area (Å²) in [5.74, 6) is -0.166. The number of aromatic nitrogens is 1. The molecule has 0 fully saturated rings. The quantitative estimate of drug-likeness (QED) is 0.901. The van der Waals surface area contributed by atoms with Gasteiger partial charge in [-0.25, -0.2) is 4.98 Å². The topological polar surface area (TPSA) is 42.0 Å². The van der Waals surface area contributed by atoms with Crippen LogP contribution in [0.3, 0.4) is 0 Å². The Morgan fingerprint density at radius 1 is 1.41 bits per heavy atom. The molecular formula is C12H11ClN2OS. The number of hydrogen-bond donors (Lipinski definition) is 1. The predicted molar refractivity (Wildman–Crippen MR) is 71.0 cm³/mol. The molecule has 0 atom stereocenters. The summed E-state index contributed by atoms with van der Waals surface area (Å²) in [6.45, 7) is 3.71. The first-order valence-corrected chi connectivity index (χ1v) is 6.32. The second kappa shape index (κ2) is 4.85. The van der Waals surface area contributed by atoms with Crippen LogP contribution in [0.1, 0.15) is 20.9 Å². The Balaban J connectivity index is 2.28. The molecule has 0 radical (unpaired) electrons. The maximum atomic E-state index is 12.0. The van der Waals surface area contributed by atoms with E-state index >= 15 is 0 Å². The van der Waals surface area contributed by atoms with Gasteiger partial charge in [0.1, 0.15) is 4.88 Å². The maximum absolute atomic E-state index is 12.0. The summed E-state index contributed by atoms with van der Waals surface area (Å²) >= 11 is 7.37. The minimum atomic E-state index is -0.166. The zero-order valence-electron chi connectivity index (χ0n) is 9.45. The highest BCUT2D eigenvalue weighted by Crippen LogP contribution is 2.26. The van der Waals surface area contributed by atoms with Gasteiger partial charge in [-0.05, 0) is 25.5 Å². The Bertz CT molecular complexity index is 545. The van der Waals surface area contributed by atoms with E-state index in [1.165, 1.54) is 11.3 Å². The molecule has 0 saturated carbocycles. The van der Waals surface area contributed by atoms with E-state index in [4.69, 9.17) is 11.6 Å². The first kappa shape index (κ1) is 12.1. The molecule has 0 aliphatic heterocycles. The Kier molecular flexibility index (Phi) is 3.45. The third kappa shape index (κ3) is 2.48. The first-order valence-electron chi connectivity index (χ1n) is 5.06. The molecule has 0 unspecified atom stereocenters. The number of rotatable bonds is 2. The van der Waals surface area contributed by atoms with Crippen LogP contribution in [0.4, 0.5) is 5.69 Å². The number of nitrogens with one attached hydrogen (secondary N) is 1. The highest BCUT2D eigenvalue weighted by molar-refractivity contribution is 7.12. The van der Waals surface area contributed by atoms with Gasteiger partial charge < -0.3 is 5.32 Å². The van der Waals surface area contributed by atoms with E-state index in [1.807, 2.05) is 26.0 Å². The largest absolute Gasteiger partial charge is 0.320 e. The molecule has 0 bridgehead atoms. The van der Waals surface area contributed by atoms with Crippen LogP contribution in [-0.2, 0) is 0 Å². The van der Waals surface area contributed by atoms with Gasteiger partial charge in [0.15, 0.2) is 0 Å². The van der Waals surface area contributed by atoms with Gasteiger partial charge >= 0.3 is 0 Å². The van der Waals surface area contributed by atoms with Crippen LogP contribution in [0.15, 0.2) is 23.7 Å². The molecule has 1 N–H and O–H groups in total. The summed E-state index contributed by atoms with van der Waals surface area (Å²) in [7, 11) is 0. The van der Waals surface area contributed by atoms with Crippen LogP contribution in [0.25, 0.3) is 0 Å². The average Bonchev–Trinajstić information content (AvgIpc) is 2.70. The molecule has 3 nitrogen and oxygen atoms in total. The second-order valence-corrected chi connectivity index (χ2v) is 4.91. The van der Waals surface area contributed by atoms with Crippen molar-refractivity contribution in [3.05, 3.63) is 44.9 Å². The van der Waals surface area contributed by atoms with Crippen molar-refractivity contribution < 1.29 is 4.79 Å². The van der Waals surface area contributed by atoms with E-state index in [0.717, 1.165) is 11.3 Å². The van der Waals surface area contributed by atoms with Gasteiger partial charge in [0.25, 0.3) is 5.91 Å². The van der Waals surface area contributed by atoms with Gasteiger partial charge in [0.05, 0.1) is 21.9 Å². The fourth-order valence-corrected chi connectivity index (χ4v) is 2.45. The van der Waals surface area contributed by atoms with Gasteiger partial charge in [-0.2, -0.15) is 0 Å². The number of halogens is 1. The van der Waals surface area contributed by atoms with Gasteiger partial charge in [0.2, 0.25) is 0 Å². The predicted octanol–water partition coefficient (Wildman–Crippen LogP) is 3.67. The van der Waals surface area contributed by atoms with E-state index in [2.05, 4.69) is 10.3 Å². The Morgan fingerprint density at radius 2 is 2.18 bits per heavy atom. The molecule has 88 valence electrons. The Labute approximate surface area is 108 Å². The smallest absolute Gasteiger partial charge is 0.267 e. The van der Waals surface area contributed by atoms with Crippen molar-refractivity contribution in [3.8, 4) is 0 Å². The second-order valence-electron chi connectivity index (χ2n) is 3.65. The average molecular weight is 267 g/mol. The van der Waals surface area contributed by atoms with E-state index < -0.39 is 0 Å². The van der Waals surface area contributed by atoms with E-state index in [9.17, 15) is 4.79 Å². The van der Waals surface area contributed by atoms with E-state index in [-0.39, 0.29) is 5.91 Å². The lowest BCUT2D eigenvalue weighted by Crippen LogP contribution is -2.12. The highest BCUT2D eigenvalue weighted by Gasteiger charge is 2.14. The van der Waals surface area contributed by atoms with Crippen molar-refractivity contribution in [2.75, 3.05) is 5.32 Å². The minimum absolute atomic E-state index is 0.166. The number of nitrogens with zero attached hydrogens (tertiary/aromatic N) is 1. The number of thiazole rings is 1. The van der Waals surface area contributed by atoms with Crippen LogP contribution in [0.5, 0.6) is 0 Å². The number of carbonyl (C=O) groups is 1. The van der Waals surface area contributed by atoms with Crippen LogP contribution >= 0.6 is 22.9 Å². The van der Waals surface area contributed by atoms with Crippen molar-refractivity contribution in [1.29, 1.82) is 0 Å². The fourth-order valence-electron chi connectivity index (χ4n) is 1.48. The zero-order valence-corrected chi connectivity index (χ0v) is 11.0. The molecule has 0 saturated heterocycles. The zero-order chi connectivity index (χ0) is 12.4. The van der Waals surface area contributed by atoms with Crippen LogP contribution in [-0.4, -0.2) is 10.9 Å². The molecule has 1 amide bonds. The van der Waals surface area contributed by atoms with Crippen molar-refractivity contribution in [2.45, 2.75) is 13.8 Å². The summed E-state index contributed by atoms with van der Waals surface area (Å²) in [4.78, 5) is 16.7. The fraction of sp³-hybridized carbons (Fsp3) is 0.167. The lowest BCUT2D eigenvalue weighted by Gasteiger charge is -2.09. The molecule has 17 heavy (non-hydrogen) atoms. The molecule has 2 rings (SSSR count). The van der Waals surface area contributed by atoms with Gasteiger partial charge in [-0.3, -0.25) is 4.79 Å². The number of para-hydroxylation sites is 1. The molecule has 1 aromatic heterocycles. The lowest BCUT2D eigenvalue weighted by molar-refractivity contribution is 0.102. The number of anilines is 1. The molecule has 5 heteroatoms. The van der Waals surface area contributed by atoms with Gasteiger partial charge in [0, 0.05) is 0 Å². The number of aryl methyl sites for hydroxylation is 2.